The number of halogens is 3. The number of aryl methyl sites for hydroxylation is 1. The molecule has 7 nitrogen and oxygen atoms in total. The first kappa shape index (κ1) is 21.9. The van der Waals surface area contributed by atoms with Crippen molar-refractivity contribution < 1.29 is 36.3 Å². The smallest absolute Gasteiger partial charge is 0.416 e. The molecule has 1 amide bonds. The van der Waals surface area contributed by atoms with Gasteiger partial charge >= 0.3 is 12.1 Å². The fraction of sp³-hybridized carbons (Fsp3) is 0.467. The Hall–Kier alpha value is -2.14. The van der Waals surface area contributed by atoms with Gasteiger partial charge < -0.3 is 10.4 Å². The van der Waals surface area contributed by atoms with Gasteiger partial charge in [-0.05, 0) is 31.5 Å². The highest BCUT2D eigenvalue weighted by molar-refractivity contribution is 7.89. The number of hydrogen-bond donors (Lipinski definition) is 2. The van der Waals surface area contributed by atoms with Gasteiger partial charge in [0, 0.05) is 20.0 Å². The van der Waals surface area contributed by atoms with Gasteiger partial charge in [0.2, 0.25) is 15.9 Å². The lowest BCUT2D eigenvalue weighted by Crippen LogP contribution is -2.46. The van der Waals surface area contributed by atoms with Crippen molar-refractivity contribution in [3.8, 4) is 0 Å². The van der Waals surface area contributed by atoms with E-state index in [9.17, 15) is 31.2 Å². The fourth-order valence-electron chi connectivity index (χ4n) is 2.19. The molecule has 0 radical (unpaired) electrons. The van der Waals surface area contributed by atoms with E-state index in [1.54, 1.807) is 0 Å². The van der Waals surface area contributed by atoms with Gasteiger partial charge in [0.25, 0.3) is 0 Å². The van der Waals surface area contributed by atoms with E-state index in [2.05, 4.69) is 5.32 Å². The predicted molar refractivity (Wildman–Crippen MR) is 85.9 cm³/mol. The van der Waals surface area contributed by atoms with Crippen LogP contribution in [0.25, 0.3) is 0 Å². The van der Waals surface area contributed by atoms with Crippen LogP contribution < -0.4 is 5.32 Å². The van der Waals surface area contributed by atoms with Crippen LogP contribution in [0.4, 0.5) is 13.2 Å². The van der Waals surface area contributed by atoms with Crippen LogP contribution in [0.2, 0.25) is 0 Å². The van der Waals surface area contributed by atoms with Crippen molar-refractivity contribution in [3.63, 3.8) is 0 Å². The van der Waals surface area contributed by atoms with Crippen molar-refractivity contribution in [2.45, 2.75) is 37.9 Å². The molecule has 146 valence electrons. The van der Waals surface area contributed by atoms with Gasteiger partial charge in [0.1, 0.15) is 6.04 Å². The number of sulfonamides is 1. The van der Waals surface area contributed by atoms with E-state index in [1.807, 2.05) is 0 Å². The predicted octanol–water partition coefficient (Wildman–Crippen LogP) is 1.61. The van der Waals surface area contributed by atoms with Crippen LogP contribution in [0, 0.1) is 6.92 Å². The van der Waals surface area contributed by atoms with E-state index in [4.69, 9.17) is 5.11 Å². The van der Waals surface area contributed by atoms with Crippen LogP contribution in [-0.4, -0.2) is 48.8 Å². The highest BCUT2D eigenvalue weighted by atomic mass is 32.2. The number of hydrogen-bond acceptors (Lipinski definition) is 4. The van der Waals surface area contributed by atoms with Gasteiger partial charge in [-0.2, -0.15) is 17.5 Å². The molecule has 0 heterocycles. The fourth-order valence-corrected chi connectivity index (χ4v) is 3.81. The molecule has 0 aliphatic heterocycles. The summed E-state index contributed by atoms with van der Waals surface area (Å²) in [5.74, 6) is -1.93. The van der Waals surface area contributed by atoms with Crippen LogP contribution >= 0.6 is 0 Å². The third kappa shape index (κ3) is 5.18. The SMILES string of the molecule is CC(=O)NCCN(C(C)C(=O)O)S(=O)(=O)c1ccc(C)c(C(F)(F)F)c1. The number of aliphatic carboxylic acids is 1. The minimum atomic E-state index is -4.75. The lowest BCUT2D eigenvalue weighted by molar-refractivity contribution is -0.141. The molecule has 1 unspecified atom stereocenters. The Morgan fingerprint density at radius 2 is 1.88 bits per heavy atom. The van der Waals surface area contributed by atoms with Crippen LogP contribution in [0.15, 0.2) is 23.1 Å². The van der Waals surface area contributed by atoms with Crippen LogP contribution in [0.1, 0.15) is 25.0 Å². The first-order valence-electron chi connectivity index (χ1n) is 7.45. The van der Waals surface area contributed by atoms with Gasteiger partial charge in [-0.15, -0.1) is 0 Å². The largest absolute Gasteiger partial charge is 0.480 e. The van der Waals surface area contributed by atoms with E-state index in [0.717, 1.165) is 19.1 Å². The quantitative estimate of drug-likeness (QED) is 0.729. The number of carboxylic acid groups (broad SMARTS) is 1. The third-order valence-corrected chi connectivity index (χ3v) is 5.58. The van der Waals surface area contributed by atoms with Crippen LogP contribution in [0.3, 0.4) is 0 Å². The maximum absolute atomic E-state index is 13.0. The number of carbonyl (C=O) groups is 2. The Morgan fingerprint density at radius 1 is 1.31 bits per heavy atom. The van der Waals surface area contributed by atoms with Crippen molar-refractivity contribution in [3.05, 3.63) is 29.3 Å². The molecular formula is C15H19F3N2O5S. The second kappa shape index (κ2) is 8.04. The average Bonchev–Trinajstić information content (AvgIpc) is 2.49. The molecule has 26 heavy (non-hydrogen) atoms. The molecule has 0 spiro atoms. The second-order valence-corrected chi connectivity index (χ2v) is 7.48. The summed E-state index contributed by atoms with van der Waals surface area (Å²) in [6.45, 7) is 2.87. The Bertz CT molecular complexity index is 793. The monoisotopic (exact) mass is 396 g/mol. The van der Waals surface area contributed by atoms with Crippen molar-refractivity contribution in [1.29, 1.82) is 0 Å². The van der Waals surface area contributed by atoms with E-state index < -0.39 is 51.1 Å². The lowest BCUT2D eigenvalue weighted by atomic mass is 10.1. The minimum absolute atomic E-state index is 0.160. The Balaban J connectivity index is 3.35. The van der Waals surface area contributed by atoms with Crippen molar-refractivity contribution >= 4 is 21.9 Å². The van der Waals surface area contributed by atoms with Crippen molar-refractivity contribution in [2.75, 3.05) is 13.1 Å². The molecule has 2 N–H and O–H groups in total. The summed E-state index contributed by atoms with van der Waals surface area (Å²) in [5, 5.41) is 11.4. The minimum Gasteiger partial charge on any atom is -0.480 e. The number of rotatable bonds is 7. The molecule has 1 aromatic carbocycles. The Morgan fingerprint density at radius 3 is 2.35 bits per heavy atom. The topological polar surface area (TPSA) is 104 Å². The number of benzene rings is 1. The van der Waals surface area contributed by atoms with E-state index in [0.29, 0.717) is 10.4 Å². The molecule has 0 bridgehead atoms. The number of nitrogens with one attached hydrogen (secondary N) is 1. The summed E-state index contributed by atoms with van der Waals surface area (Å²) in [4.78, 5) is 21.5. The Labute approximate surface area is 148 Å². The van der Waals surface area contributed by atoms with Gasteiger partial charge in [0.15, 0.2) is 0 Å². The highest BCUT2D eigenvalue weighted by Gasteiger charge is 2.37. The summed E-state index contributed by atoms with van der Waals surface area (Å²) in [6.07, 6.45) is -4.75. The summed E-state index contributed by atoms with van der Waals surface area (Å²) >= 11 is 0. The molecule has 0 aliphatic rings. The summed E-state index contributed by atoms with van der Waals surface area (Å²) < 4.78 is 65.1. The van der Waals surface area contributed by atoms with Gasteiger partial charge in [-0.1, -0.05) is 6.07 Å². The average molecular weight is 396 g/mol. The zero-order valence-electron chi connectivity index (χ0n) is 14.3. The van der Waals surface area contributed by atoms with Gasteiger partial charge in [0.05, 0.1) is 10.5 Å². The molecule has 0 saturated heterocycles. The van der Waals surface area contributed by atoms with E-state index in [1.165, 1.54) is 13.8 Å². The zero-order chi connectivity index (χ0) is 20.3. The first-order valence-corrected chi connectivity index (χ1v) is 8.89. The van der Waals surface area contributed by atoms with Crippen LogP contribution in [-0.2, 0) is 25.8 Å². The zero-order valence-corrected chi connectivity index (χ0v) is 15.1. The molecule has 0 aliphatic carbocycles. The molecular weight excluding hydrogens is 377 g/mol. The Kier molecular flexibility index (Phi) is 6.77. The third-order valence-electron chi connectivity index (χ3n) is 3.62. The maximum Gasteiger partial charge on any atom is 0.416 e. The van der Waals surface area contributed by atoms with E-state index >= 15 is 0 Å². The molecule has 1 atom stereocenters. The normalized spacial score (nSPS) is 13.5. The molecule has 0 saturated carbocycles. The molecule has 1 aromatic rings. The van der Waals surface area contributed by atoms with Crippen molar-refractivity contribution in [1.82, 2.24) is 9.62 Å². The van der Waals surface area contributed by atoms with Crippen LogP contribution in [0.5, 0.6) is 0 Å². The molecule has 1 rings (SSSR count). The first-order chi connectivity index (χ1) is 11.8. The summed E-state index contributed by atoms with van der Waals surface area (Å²) in [6, 6.07) is 0.932. The molecule has 0 fully saturated rings. The van der Waals surface area contributed by atoms with Gasteiger partial charge in [-0.3, -0.25) is 9.59 Å². The molecule has 11 heteroatoms. The number of carboxylic acids is 1. The number of carbonyl (C=O) groups excluding carboxylic acids is 1. The second-order valence-electron chi connectivity index (χ2n) is 5.59. The number of alkyl halides is 3. The molecule has 0 aromatic heterocycles. The standard InChI is InChI=1S/C15H19F3N2O5S/c1-9-4-5-12(8-13(9)15(16,17)18)26(24,25)20(10(2)14(22)23)7-6-19-11(3)21/h4-5,8,10H,6-7H2,1-3H3,(H,19,21)(H,22,23). The van der Waals surface area contributed by atoms with Crippen molar-refractivity contribution in [2.24, 2.45) is 0 Å². The number of amides is 1. The highest BCUT2D eigenvalue weighted by Crippen LogP contribution is 2.34. The maximum atomic E-state index is 13.0. The summed E-state index contributed by atoms with van der Waals surface area (Å²) in [5.41, 5.74) is -1.28. The summed E-state index contributed by atoms with van der Waals surface area (Å²) in [7, 11) is -4.54. The van der Waals surface area contributed by atoms with Gasteiger partial charge in [-0.25, -0.2) is 8.42 Å². The lowest BCUT2D eigenvalue weighted by Gasteiger charge is -2.26. The van der Waals surface area contributed by atoms with E-state index in [-0.39, 0.29) is 12.1 Å². The number of nitrogens with zero attached hydrogens (tertiary/aromatic N) is 1.